The van der Waals surface area contributed by atoms with Crippen LogP contribution in [-0.2, 0) is 31.6 Å². The number of nitrogens with zero attached hydrogens (tertiary/aromatic N) is 3. The van der Waals surface area contributed by atoms with Gasteiger partial charge in [0.1, 0.15) is 10.7 Å². The molecule has 0 amide bonds. The summed E-state index contributed by atoms with van der Waals surface area (Å²) in [6.45, 7) is 6.94. The van der Waals surface area contributed by atoms with Crippen molar-refractivity contribution in [3.8, 4) is 16.9 Å². The van der Waals surface area contributed by atoms with Crippen LogP contribution < -0.4 is 0 Å². The van der Waals surface area contributed by atoms with E-state index in [1.807, 2.05) is 24.3 Å². The number of sulfone groups is 1. The van der Waals surface area contributed by atoms with Crippen LogP contribution in [0.25, 0.3) is 16.9 Å². The second kappa shape index (κ2) is 9.18. The highest BCUT2D eigenvalue weighted by molar-refractivity contribution is 7.91. The fourth-order valence-electron chi connectivity index (χ4n) is 4.66. The van der Waals surface area contributed by atoms with Gasteiger partial charge in [-0.25, -0.2) is 22.3 Å². The van der Waals surface area contributed by atoms with E-state index in [0.29, 0.717) is 30.6 Å². The topological polar surface area (TPSA) is 90.7 Å². The lowest BCUT2D eigenvalue weighted by atomic mass is 10.0. The molecule has 10 heteroatoms. The molecule has 0 spiro atoms. The number of carbonyl (C=O) groups is 1. The number of rotatable bonds is 5. The highest BCUT2D eigenvalue weighted by atomic mass is 32.2. The van der Waals surface area contributed by atoms with Crippen molar-refractivity contribution in [2.24, 2.45) is 0 Å². The van der Waals surface area contributed by atoms with Crippen molar-refractivity contribution in [2.75, 3.05) is 26.4 Å². The van der Waals surface area contributed by atoms with Gasteiger partial charge in [-0.05, 0) is 37.6 Å². The summed E-state index contributed by atoms with van der Waals surface area (Å²) in [5.74, 6) is -2.07. The van der Waals surface area contributed by atoms with E-state index in [9.17, 15) is 17.6 Å². The number of morpholine rings is 1. The Bertz CT molecular complexity index is 1380. The molecule has 8 nitrogen and oxygen atoms in total. The molecule has 2 aromatic carbocycles. The van der Waals surface area contributed by atoms with Crippen molar-refractivity contribution in [1.29, 1.82) is 0 Å². The molecule has 0 unspecified atom stereocenters. The zero-order valence-corrected chi connectivity index (χ0v) is 20.3. The normalized spacial score (nSPS) is 19.1. The second-order valence-corrected chi connectivity index (χ2v) is 10.7. The highest BCUT2D eigenvalue weighted by Gasteiger charge is 2.38. The van der Waals surface area contributed by atoms with Gasteiger partial charge in [-0.1, -0.05) is 24.3 Å². The van der Waals surface area contributed by atoms with Gasteiger partial charge in [0.25, 0.3) is 0 Å². The average Bonchev–Trinajstić information content (AvgIpc) is 3.20. The Balaban J connectivity index is 1.60. The molecule has 5 rings (SSSR count). The van der Waals surface area contributed by atoms with Crippen molar-refractivity contribution in [2.45, 2.75) is 37.1 Å². The van der Waals surface area contributed by atoms with Crippen molar-refractivity contribution in [3.05, 3.63) is 65.1 Å². The van der Waals surface area contributed by atoms with Gasteiger partial charge in [-0.3, -0.25) is 4.90 Å². The Morgan fingerprint density at radius 3 is 2.71 bits per heavy atom. The minimum Gasteiger partial charge on any atom is -0.461 e. The van der Waals surface area contributed by atoms with E-state index in [4.69, 9.17) is 9.47 Å². The van der Waals surface area contributed by atoms with E-state index >= 15 is 0 Å². The molecule has 0 bridgehead atoms. The quantitative estimate of drug-likeness (QED) is 0.497. The maximum atomic E-state index is 14.7. The molecule has 1 atom stereocenters. The van der Waals surface area contributed by atoms with Crippen LogP contribution in [0.4, 0.5) is 4.39 Å². The summed E-state index contributed by atoms with van der Waals surface area (Å²) in [6.07, 6.45) is 0. The summed E-state index contributed by atoms with van der Waals surface area (Å²) < 4.78 is 52.7. The first-order valence-electron chi connectivity index (χ1n) is 11.5. The number of hydrogen-bond donors (Lipinski definition) is 0. The Kier molecular flexibility index (Phi) is 6.20. The van der Waals surface area contributed by atoms with Gasteiger partial charge in [0.15, 0.2) is 15.5 Å². The summed E-state index contributed by atoms with van der Waals surface area (Å²) in [7, 11) is -4.01. The van der Waals surface area contributed by atoms with Gasteiger partial charge in [0.05, 0.1) is 37.0 Å². The third-order valence-corrected chi connectivity index (χ3v) is 8.10. The Morgan fingerprint density at radius 2 is 2.00 bits per heavy atom. The van der Waals surface area contributed by atoms with Gasteiger partial charge >= 0.3 is 5.97 Å². The molecule has 3 heterocycles. The molecule has 2 aliphatic heterocycles. The first-order chi connectivity index (χ1) is 16.8. The zero-order valence-electron chi connectivity index (χ0n) is 19.5. The van der Waals surface area contributed by atoms with Gasteiger partial charge in [-0.15, -0.1) is 0 Å². The molecule has 35 heavy (non-hydrogen) atoms. The first-order valence-corrected chi connectivity index (χ1v) is 13.2. The largest absolute Gasteiger partial charge is 0.461 e. The van der Waals surface area contributed by atoms with Crippen LogP contribution in [0.3, 0.4) is 0 Å². The minimum absolute atomic E-state index is 0.0773. The van der Waals surface area contributed by atoms with Crippen LogP contribution in [-0.4, -0.2) is 61.5 Å². The Labute approximate surface area is 203 Å². The summed E-state index contributed by atoms with van der Waals surface area (Å²) in [5, 5.41) is 4.46. The lowest BCUT2D eigenvalue weighted by Gasteiger charge is -2.33. The van der Waals surface area contributed by atoms with Crippen LogP contribution >= 0.6 is 0 Å². The summed E-state index contributed by atoms with van der Waals surface area (Å²) >= 11 is 0. The summed E-state index contributed by atoms with van der Waals surface area (Å²) in [4.78, 5) is 14.6. The molecular weight excluding hydrogens is 473 g/mol. The van der Waals surface area contributed by atoms with E-state index < -0.39 is 27.4 Å². The van der Waals surface area contributed by atoms with Crippen molar-refractivity contribution in [1.82, 2.24) is 14.7 Å². The number of esters is 1. The van der Waals surface area contributed by atoms with Crippen LogP contribution in [0.1, 0.15) is 35.5 Å². The molecular formula is C25H26FN3O5S. The number of hydrogen-bond acceptors (Lipinski definition) is 7. The third-order valence-electron chi connectivity index (χ3n) is 6.39. The van der Waals surface area contributed by atoms with Gasteiger partial charge in [0.2, 0.25) is 0 Å². The lowest BCUT2D eigenvalue weighted by Crippen LogP contribution is -2.42. The minimum atomic E-state index is -4.01. The van der Waals surface area contributed by atoms with E-state index in [1.165, 1.54) is 16.8 Å². The molecule has 1 fully saturated rings. The third kappa shape index (κ3) is 4.26. The molecule has 1 saturated heterocycles. The van der Waals surface area contributed by atoms with Crippen molar-refractivity contribution >= 4 is 15.8 Å². The number of carbonyl (C=O) groups excluding carboxylic acids is 1. The fourth-order valence-corrected chi connectivity index (χ4v) is 6.32. The average molecular weight is 500 g/mol. The number of benzene rings is 2. The number of ether oxygens (including phenoxy) is 2. The van der Waals surface area contributed by atoms with Gasteiger partial charge in [0, 0.05) is 30.3 Å². The van der Waals surface area contributed by atoms with Gasteiger partial charge < -0.3 is 9.47 Å². The fraction of sp³-hybridized carbons (Fsp3) is 0.360. The van der Waals surface area contributed by atoms with E-state index in [0.717, 1.165) is 24.7 Å². The maximum Gasteiger partial charge on any atom is 0.359 e. The van der Waals surface area contributed by atoms with Crippen LogP contribution in [0.15, 0.2) is 47.4 Å². The number of fused-ring (bicyclic) bond motifs is 3. The second-order valence-electron chi connectivity index (χ2n) is 8.74. The first kappa shape index (κ1) is 23.7. The van der Waals surface area contributed by atoms with Crippen LogP contribution in [0.2, 0.25) is 0 Å². The Hall–Kier alpha value is -3.08. The molecule has 3 aromatic rings. The monoisotopic (exact) mass is 499 g/mol. The molecule has 0 saturated carbocycles. The SMILES string of the molecule is CCOC(=O)c1nn(-c2ccc(CN3CCOC[C@H]3C)cc2)c2c1CS(=O)(=O)c1c(F)cccc1-2. The molecule has 0 N–H and O–H groups in total. The zero-order chi connectivity index (χ0) is 24.7. The predicted octanol–water partition coefficient (Wildman–Crippen LogP) is 3.36. The van der Waals surface area contributed by atoms with Gasteiger partial charge in [-0.2, -0.15) is 5.10 Å². The summed E-state index contributed by atoms with van der Waals surface area (Å²) in [5.41, 5.74) is 2.43. The van der Waals surface area contributed by atoms with E-state index in [-0.39, 0.29) is 28.3 Å². The van der Waals surface area contributed by atoms with Crippen LogP contribution in [0.5, 0.6) is 0 Å². The molecule has 2 aliphatic rings. The van der Waals surface area contributed by atoms with E-state index in [1.54, 1.807) is 6.92 Å². The highest BCUT2D eigenvalue weighted by Crippen LogP contribution is 2.41. The van der Waals surface area contributed by atoms with Crippen LogP contribution in [0, 0.1) is 5.82 Å². The Morgan fingerprint density at radius 1 is 1.23 bits per heavy atom. The smallest absolute Gasteiger partial charge is 0.359 e. The summed E-state index contributed by atoms with van der Waals surface area (Å²) in [6, 6.07) is 12.1. The molecule has 0 aliphatic carbocycles. The molecule has 0 radical (unpaired) electrons. The lowest BCUT2D eigenvalue weighted by molar-refractivity contribution is -0.00436. The maximum absolute atomic E-state index is 14.7. The van der Waals surface area contributed by atoms with Crippen molar-refractivity contribution in [3.63, 3.8) is 0 Å². The standard InChI is InChI=1S/C25H26FN3O5S/c1-3-34-25(30)22-20-15-35(31,32)24-19(5-4-6-21(24)26)23(20)29(27-22)18-9-7-17(8-10-18)13-28-11-12-33-14-16(28)2/h4-10,16H,3,11-15H2,1-2H3/t16-/m1/s1. The molecule has 1 aromatic heterocycles. The molecule has 184 valence electrons. The number of aromatic nitrogens is 2. The van der Waals surface area contributed by atoms with E-state index in [2.05, 4.69) is 16.9 Å². The van der Waals surface area contributed by atoms with Crippen molar-refractivity contribution < 1.29 is 27.1 Å². The predicted molar refractivity (Wildman–Crippen MR) is 126 cm³/mol. The number of halogens is 1.